The number of aliphatic carboxylic acids is 1. The van der Waals surface area contributed by atoms with Crippen molar-refractivity contribution in [1.29, 1.82) is 5.26 Å². The average Bonchev–Trinajstić information content (AvgIpc) is 3.17. The quantitative estimate of drug-likeness (QED) is 0.622. The third-order valence-corrected chi connectivity index (χ3v) is 5.40. The van der Waals surface area contributed by atoms with Gasteiger partial charge in [0.25, 0.3) is 0 Å². The highest BCUT2D eigenvalue weighted by Crippen LogP contribution is 2.32. The average molecular weight is 405 g/mol. The van der Waals surface area contributed by atoms with E-state index in [2.05, 4.69) is 14.9 Å². The number of carboxylic acid groups (broad SMARTS) is 1. The fourth-order valence-electron chi connectivity index (χ4n) is 3.94. The Morgan fingerprint density at radius 2 is 2.10 bits per heavy atom. The van der Waals surface area contributed by atoms with Crippen molar-refractivity contribution in [2.75, 3.05) is 32.8 Å². The molecule has 8 heteroatoms. The van der Waals surface area contributed by atoms with Crippen LogP contribution in [-0.4, -0.2) is 63.6 Å². The lowest BCUT2D eigenvalue weighted by Crippen LogP contribution is -2.48. The third kappa shape index (κ3) is 4.27. The number of hydrogen-bond donors (Lipinski definition) is 2. The Morgan fingerprint density at radius 3 is 2.80 bits per heavy atom. The van der Waals surface area contributed by atoms with E-state index in [9.17, 15) is 9.90 Å². The number of piperazine rings is 1. The van der Waals surface area contributed by atoms with E-state index in [1.165, 1.54) is 0 Å². The number of nitrogens with zero attached hydrogens (tertiary/aromatic N) is 4. The first kappa shape index (κ1) is 19.9. The Hall–Kier alpha value is -3.41. The van der Waals surface area contributed by atoms with Crippen molar-refractivity contribution in [2.45, 2.75) is 12.6 Å². The Kier molecular flexibility index (Phi) is 5.93. The van der Waals surface area contributed by atoms with Crippen LogP contribution in [-0.2, 0) is 11.3 Å². The number of fused-ring (bicyclic) bond motifs is 1. The van der Waals surface area contributed by atoms with Crippen LogP contribution in [0.25, 0.3) is 10.9 Å². The summed E-state index contributed by atoms with van der Waals surface area (Å²) in [6, 6.07) is 12.5. The maximum absolute atomic E-state index is 12.2. The van der Waals surface area contributed by atoms with Gasteiger partial charge in [-0.3, -0.25) is 19.6 Å². The molecule has 2 aromatic heterocycles. The molecule has 0 spiro atoms. The number of aromatic amines is 1. The van der Waals surface area contributed by atoms with Crippen LogP contribution in [0.2, 0.25) is 0 Å². The SMILES string of the molecule is N#CCOc1ccc2[nH]cc([C@H](C(=O)O)N3CCN(Cc4ccccn4)CC3)c2c1. The van der Waals surface area contributed by atoms with Gasteiger partial charge in [-0.05, 0) is 30.3 Å². The number of benzene rings is 1. The van der Waals surface area contributed by atoms with Crippen molar-refractivity contribution >= 4 is 16.9 Å². The molecule has 3 aromatic rings. The van der Waals surface area contributed by atoms with Gasteiger partial charge in [0.15, 0.2) is 6.61 Å². The maximum atomic E-state index is 12.2. The van der Waals surface area contributed by atoms with Gasteiger partial charge in [0.2, 0.25) is 0 Å². The minimum absolute atomic E-state index is 0.0497. The molecule has 154 valence electrons. The summed E-state index contributed by atoms with van der Waals surface area (Å²) in [5, 5.41) is 19.5. The Morgan fingerprint density at radius 1 is 1.27 bits per heavy atom. The summed E-state index contributed by atoms with van der Waals surface area (Å²) in [5.41, 5.74) is 2.56. The molecule has 0 aliphatic carbocycles. The van der Waals surface area contributed by atoms with E-state index in [0.29, 0.717) is 24.4 Å². The fourth-order valence-corrected chi connectivity index (χ4v) is 3.94. The van der Waals surface area contributed by atoms with Gasteiger partial charge in [-0.15, -0.1) is 0 Å². The second-order valence-corrected chi connectivity index (χ2v) is 7.27. The molecule has 0 bridgehead atoms. The molecule has 1 saturated heterocycles. The summed E-state index contributed by atoms with van der Waals surface area (Å²) in [6.07, 6.45) is 3.55. The number of nitriles is 1. The van der Waals surface area contributed by atoms with Crippen molar-refractivity contribution < 1.29 is 14.6 Å². The topological polar surface area (TPSA) is 105 Å². The zero-order valence-electron chi connectivity index (χ0n) is 16.5. The van der Waals surface area contributed by atoms with Crippen LogP contribution in [0.15, 0.2) is 48.8 Å². The molecule has 4 rings (SSSR count). The summed E-state index contributed by atoms with van der Waals surface area (Å²) < 4.78 is 5.40. The van der Waals surface area contributed by atoms with E-state index in [1.54, 1.807) is 24.5 Å². The van der Waals surface area contributed by atoms with Gasteiger partial charge < -0.3 is 14.8 Å². The number of rotatable bonds is 7. The lowest BCUT2D eigenvalue weighted by molar-refractivity contribution is -0.144. The van der Waals surface area contributed by atoms with E-state index >= 15 is 0 Å². The number of hydrogen-bond acceptors (Lipinski definition) is 6. The maximum Gasteiger partial charge on any atom is 0.325 e. The number of H-pyrrole nitrogens is 1. The molecule has 8 nitrogen and oxygen atoms in total. The van der Waals surface area contributed by atoms with Gasteiger partial charge >= 0.3 is 5.97 Å². The summed E-state index contributed by atoms with van der Waals surface area (Å²) >= 11 is 0. The van der Waals surface area contributed by atoms with E-state index in [0.717, 1.165) is 36.2 Å². The molecule has 0 unspecified atom stereocenters. The molecule has 30 heavy (non-hydrogen) atoms. The first-order valence-corrected chi connectivity index (χ1v) is 9.85. The predicted molar refractivity (Wildman–Crippen MR) is 111 cm³/mol. The summed E-state index contributed by atoms with van der Waals surface area (Å²) in [6.45, 7) is 3.58. The molecular weight excluding hydrogens is 382 g/mol. The second kappa shape index (κ2) is 8.95. The zero-order chi connectivity index (χ0) is 20.9. The summed E-state index contributed by atoms with van der Waals surface area (Å²) in [5.74, 6) is -0.327. The summed E-state index contributed by atoms with van der Waals surface area (Å²) in [7, 11) is 0. The van der Waals surface area contributed by atoms with Crippen LogP contribution in [0.5, 0.6) is 5.75 Å². The molecule has 3 heterocycles. The minimum Gasteiger partial charge on any atom is -0.480 e. The van der Waals surface area contributed by atoms with Crippen LogP contribution in [0.1, 0.15) is 17.3 Å². The van der Waals surface area contributed by atoms with Crippen LogP contribution >= 0.6 is 0 Å². The van der Waals surface area contributed by atoms with E-state index in [-0.39, 0.29) is 6.61 Å². The molecule has 1 fully saturated rings. The van der Waals surface area contributed by atoms with Crippen molar-refractivity contribution in [2.24, 2.45) is 0 Å². The number of ether oxygens (including phenoxy) is 1. The minimum atomic E-state index is -0.877. The van der Waals surface area contributed by atoms with E-state index in [1.807, 2.05) is 35.2 Å². The van der Waals surface area contributed by atoms with Crippen LogP contribution in [0.3, 0.4) is 0 Å². The highest BCUT2D eigenvalue weighted by Gasteiger charge is 2.32. The Balaban J connectivity index is 1.51. The third-order valence-electron chi connectivity index (χ3n) is 5.40. The molecule has 0 radical (unpaired) electrons. The lowest BCUT2D eigenvalue weighted by atomic mass is 10.0. The Bertz CT molecular complexity index is 1050. The van der Waals surface area contributed by atoms with Gasteiger partial charge in [0.1, 0.15) is 17.9 Å². The van der Waals surface area contributed by atoms with Crippen LogP contribution in [0, 0.1) is 11.3 Å². The van der Waals surface area contributed by atoms with Crippen LogP contribution in [0.4, 0.5) is 0 Å². The molecule has 1 aliphatic heterocycles. The highest BCUT2D eigenvalue weighted by molar-refractivity contribution is 5.90. The largest absolute Gasteiger partial charge is 0.480 e. The van der Waals surface area contributed by atoms with Gasteiger partial charge in [-0.2, -0.15) is 5.26 Å². The van der Waals surface area contributed by atoms with Gasteiger partial charge in [-0.1, -0.05) is 6.07 Å². The van der Waals surface area contributed by atoms with Crippen molar-refractivity contribution in [3.05, 3.63) is 60.0 Å². The smallest absolute Gasteiger partial charge is 0.325 e. The fraction of sp³-hybridized carbons (Fsp3) is 0.318. The van der Waals surface area contributed by atoms with Crippen molar-refractivity contribution in [3.63, 3.8) is 0 Å². The number of carboxylic acids is 1. The molecule has 2 N–H and O–H groups in total. The van der Waals surface area contributed by atoms with Crippen molar-refractivity contribution in [1.82, 2.24) is 19.8 Å². The number of carbonyl (C=O) groups is 1. The first-order chi connectivity index (χ1) is 14.7. The normalized spacial score (nSPS) is 16.2. The molecule has 1 atom stereocenters. The molecule has 0 amide bonds. The number of pyridine rings is 1. The van der Waals surface area contributed by atoms with Crippen molar-refractivity contribution in [3.8, 4) is 11.8 Å². The number of aromatic nitrogens is 2. The standard InChI is InChI=1S/C22H23N5O3/c23-6-12-30-17-4-5-20-18(13-17)19(14-25-20)21(22(28)29)27-10-8-26(9-11-27)15-16-3-1-2-7-24-16/h1-5,7,13-14,21,25H,8-12,15H2,(H,28,29)/t21-/m1/s1. The molecule has 0 saturated carbocycles. The second-order valence-electron chi connectivity index (χ2n) is 7.27. The predicted octanol–water partition coefficient (Wildman–Crippen LogP) is 2.41. The number of nitrogens with one attached hydrogen (secondary N) is 1. The van der Waals surface area contributed by atoms with E-state index < -0.39 is 12.0 Å². The Labute approximate surface area is 174 Å². The van der Waals surface area contributed by atoms with Gasteiger partial charge in [0.05, 0.1) is 5.69 Å². The molecule has 1 aromatic carbocycles. The monoisotopic (exact) mass is 405 g/mol. The molecule has 1 aliphatic rings. The van der Waals surface area contributed by atoms with E-state index in [4.69, 9.17) is 10.00 Å². The van der Waals surface area contributed by atoms with Gasteiger partial charge in [0, 0.05) is 61.6 Å². The lowest BCUT2D eigenvalue weighted by Gasteiger charge is -2.37. The first-order valence-electron chi connectivity index (χ1n) is 9.85. The molecular formula is C22H23N5O3. The van der Waals surface area contributed by atoms with Gasteiger partial charge in [-0.25, -0.2) is 0 Å². The summed E-state index contributed by atoms with van der Waals surface area (Å²) in [4.78, 5) is 24.0. The zero-order valence-corrected chi connectivity index (χ0v) is 16.5. The highest BCUT2D eigenvalue weighted by atomic mass is 16.5. The van der Waals surface area contributed by atoms with Crippen LogP contribution < -0.4 is 4.74 Å².